The molecule has 0 atom stereocenters. The lowest BCUT2D eigenvalue weighted by Gasteiger charge is -2.04. The molecule has 20 heavy (non-hydrogen) atoms. The molecule has 2 rings (SSSR count). The Hall–Kier alpha value is -1.44. The predicted molar refractivity (Wildman–Crippen MR) is 76.3 cm³/mol. The van der Waals surface area contributed by atoms with Crippen molar-refractivity contribution in [3.8, 4) is 0 Å². The van der Waals surface area contributed by atoms with Crippen molar-refractivity contribution in [2.75, 3.05) is 12.8 Å². The third kappa shape index (κ3) is 3.78. The summed E-state index contributed by atoms with van der Waals surface area (Å²) < 4.78 is 25.8. The quantitative estimate of drug-likeness (QED) is 0.864. The summed E-state index contributed by atoms with van der Waals surface area (Å²) in [7, 11) is -1.53. The van der Waals surface area contributed by atoms with Crippen LogP contribution < -0.4 is 5.32 Å². The van der Waals surface area contributed by atoms with Crippen LogP contribution in [0.4, 0.5) is 0 Å². The predicted octanol–water partition coefficient (Wildman–Crippen LogP) is 1.12. The van der Waals surface area contributed by atoms with Crippen LogP contribution in [0.25, 0.3) is 0 Å². The second-order valence-electron chi connectivity index (χ2n) is 4.28. The molecule has 0 fully saturated rings. The van der Waals surface area contributed by atoms with E-state index in [0.29, 0.717) is 11.6 Å². The van der Waals surface area contributed by atoms with Crippen LogP contribution in [0, 0.1) is 0 Å². The molecule has 6 nitrogen and oxygen atoms in total. The lowest BCUT2D eigenvalue weighted by Crippen LogP contribution is -2.13. The van der Waals surface area contributed by atoms with E-state index in [1.165, 1.54) is 16.8 Å². The first-order valence-electron chi connectivity index (χ1n) is 6.03. The minimum atomic E-state index is -3.34. The third-order valence-corrected chi connectivity index (χ3v) is 4.67. The van der Waals surface area contributed by atoms with Gasteiger partial charge >= 0.3 is 0 Å². The van der Waals surface area contributed by atoms with E-state index in [0.717, 1.165) is 5.69 Å². The van der Waals surface area contributed by atoms with Gasteiger partial charge in [-0.1, -0.05) is 16.8 Å². The van der Waals surface area contributed by atoms with Crippen molar-refractivity contribution < 1.29 is 8.42 Å². The van der Waals surface area contributed by atoms with E-state index < -0.39 is 9.84 Å². The lowest BCUT2D eigenvalue weighted by molar-refractivity contribution is 0.575. The number of sulfone groups is 1. The smallest absolute Gasteiger partial charge is 0.180 e. The van der Waals surface area contributed by atoms with Crippen molar-refractivity contribution in [1.29, 1.82) is 0 Å². The van der Waals surface area contributed by atoms with Crippen molar-refractivity contribution in [2.45, 2.75) is 18.0 Å². The molecule has 1 aromatic heterocycles. The van der Waals surface area contributed by atoms with Gasteiger partial charge in [0.1, 0.15) is 0 Å². The standard InChI is InChI=1S/C12H15ClN4O2S/c1-14-8-11-9-17(16-15-11)6-7-20(18,19)12-4-2-10(13)3-5-12/h2-5,9,14H,6-8H2,1H3. The van der Waals surface area contributed by atoms with E-state index in [4.69, 9.17) is 11.6 Å². The summed E-state index contributed by atoms with van der Waals surface area (Å²) >= 11 is 5.74. The average Bonchev–Trinajstić information content (AvgIpc) is 2.85. The Morgan fingerprint density at radius 3 is 2.65 bits per heavy atom. The maximum atomic E-state index is 12.1. The Morgan fingerprint density at radius 1 is 1.30 bits per heavy atom. The molecular weight excluding hydrogens is 300 g/mol. The highest BCUT2D eigenvalue weighted by Crippen LogP contribution is 2.15. The van der Waals surface area contributed by atoms with Gasteiger partial charge < -0.3 is 5.32 Å². The van der Waals surface area contributed by atoms with Gasteiger partial charge in [-0.05, 0) is 31.3 Å². The highest BCUT2D eigenvalue weighted by atomic mass is 35.5. The van der Waals surface area contributed by atoms with Crippen LogP contribution >= 0.6 is 11.6 Å². The van der Waals surface area contributed by atoms with Crippen LogP contribution in [0.5, 0.6) is 0 Å². The first kappa shape index (κ1) is 15.0. The third-order valence-electron chi connectivity index (χ3n) is 2.71. The van der Waals surface area contributed by atoms with Gasteiger partial charge in [-0.25, -0.2) is 8.42 Å². The minimum Gasteiger partial charge on any atom is -0.314 e. The first-order chi connectivity index (χ1) is 9.51. The van der Waals surface area contributed by atoms with Gasteiger partial charge in [0, 0.05) is 17.8 Å². The summed E-state index contributed by atoms with van der Waals surface area (Å²) in [4.78, 5) is 0.262. The van der Waals surface area contributed by atoms with Gasteiger partial charge in [0.2, 0.25) is 0 Å². The molecular formula is C12H15ClN4O2S. The van der Waals surface area contributed by atoms with E-state index in [1.54, 1.807) is 18.3 Å². The van der Waals surface area contributed by atoms with Gasteiger partial charge in [-0.2, -0.15) is 0 Å². The minimum absolute atomic E-state index is 0.0308. The molecule has 0 unspecified atom stereocenters. The van der Waals surface area contributed by atoms with E-state index in [1.807, 2.05) is 7.05 Å². The lowest BCUT2D eigenvalue weighted by atomic mass is 10.4. The monoisotopic (exact) mass is 314 g/mol. The summed E-state index contributed by atoms with van der Waals surface area (Å²) in [5.74, 6) is -0.0308. The van der Waals surface area contributed by atoms with E-state index in [-0.39, 0.29) is 17.2 Å². The van der Waals surface area contributed by atoms with Crippen molar-refractivity contribution in [2.24, 2.45) is 0 Å². The van der Waals surface area contributed by atoms with Gasteiger partial charge in [0.05, 0.1) is 22.9 Å². The molecule has 0 bridgehead atoms. The molecule has 0 saturated heterocycles. The van der Waals surface area contributed by atoms with Crippen LogP contribution in [0.1, 0.15) is 5.69 Å². The number of nitrogens with zero attached hydrogens (tertiary/aromatic N) is 3. The van der Waals surface area contributed by atoms with Crippen molar-refractivity contribution in [3.05, 3.63) is 41.2 Å². The van der Waals surface area contributed by atoms with Crippen molar-refractivity contribution in [3.63, 3.8) is 0 Å². The zero-order valence-corrected chi connectivity index (χ0v) is 12.5. The number of hydrogen-bond acceptors (Lipinski definition) is 5. The highest BCUT2D eigenvalue weighted by Gasteiger charge is 2.14. The SMILES string of the molecule is CNCc1cn(CCS(=O)(=O)c2ccc(Cl)cc2)nn1. The zero-order chi connectivity index (χ0) is 14.6. The summed E-state index contributed by atoms with van der Waals surface area (Å²) in [6.07, 6.45) is 1.73. The van der Waals surface area contributed by atoms with Crippen LogP contribution in [-0.4, -0.2) is 36.2 Å². The van der Waals surface area contributed by atoms with Crippen LogP contribution in [0.15, 0.2) is 35.4 Å². The number of nitrogens with one attached hydrogen (secondary N) is 1. The molecule has 0 aliphatic rings. The molecule has 108 valence electrons. The molecule has 1 aromatic carbocycles. The van der Waals surface area contributed by atoms with E-state index in [9.17, 15) is 8.42 Å². The Labute approximate surface area is 122 Å². The number of benzene rings is 1. The van der Waals surface area contributed by atoms with Crippen LogP contribution in [0.2, 0.25) is 5.02 Å². The summed E-state index contributed by atoms with van der Waals surface area (Å²) in [5.41, 5.74) is 0.774. The van der Waals surface area contributed by atoms with Gasteiger partial charge in [-0.15, -0.1) is 5.10 Å². The summed E-state index contributed by atoms with van der Waals surface area (Å²) in [5, 5.41) is 11.3. The number of aromatic nitrogens is 3. The molecule has 8 heteroatoms. The maximum absolute atomic E-state index is 12.1. The molecule has 2 aromatic rings. The number of aryl methyl sites for hydroxylation is 1. The van der Waals surface area contributed by atoms with Crippen LogP contribution in [-0.2, 0) is 22.9 Å². The van der Waals surface area contributed by atoms with Gasteiger partial charge in [0.25, 0.3) is 0 Å². The summed E-state index contributed by atoms with van der Waals surface area (Å²) in [6, 6.07) is 6.14. The second kappa shape index (κ2) is 6.34. The Balaban J connectivity index is 2.03. The Kier molecular flexibility index (Phi) is 4.74. The second-order valence-corrected chi connectivity index (χ2v) is 6.82. The molecule has 0 spiro atoms. The average molecular weight is 315 g/mol. The molecule has 0 aliphatic heterocycles. The van der Waals surface area contributed by atoms with Gasteiger partial charge in [-0.3, -0.25) is 4.68 Å². The molecule has 1 N–H and O–H groups in total. The topological polar surface area (TPSA) is 76.9 Å². The fourth-order valence-corrected chi connectivity index (χ4v) is 3.02. The van der Waals surface area contributed by atoms with E-state index >= 15 is 0 Å². The van der Waals surface area contributed by atoms with E-state index in [2.05, 4.69) is 15.6 Å². The van der Waals surface area contributed by atoms with Crippen LogP contribution in [0.3, 0.4) is 0 Å². The Bertz CT molecular complexity index is 667. The maximum Gasteiger partial charge on any atom is 0.180 e. The van der Waals surface area contributed by atoms with Crippen molar-refractivity contribution in [1.82, 2.24) is 20.3 Å². The molecule has 0 amide bonds. The first-order valence-corrected chi connectivity index (χ1v) is 8.06. The molecule has 1 heterocycles. The molecule has 0 radical (unpaired) electrons. The number of halogens is 1. The molecule has 0 aliphatic carbocycles. The highest BCUT2D eigenvalue weighted by molar-refractivity contribution is 7.91. The largest absolute Gasteiger partial charge is 0.314 e. The molecule has 0 saturated carbocycles. The fourth-order valence-electron chi connectivity index (χ4n) is 1.68. The summed E-state index contributed by atoms with van der Waals surface area (Å²) in [6.45, 7) is 0.867. The van der Waals surface area contributed by atoms with Gasteiger partial charge in [0.15, 0.2) is 9.84 Å². The van der Waals surface area contributed by atoms with Crippen molar-refractivity contribution >= 4 is 21.4 Å². The number of hydrogen-bond donors (Lipinski definition) is 1. The Morgan fingerprint density at radius 2 is 2.00 bits per heavy atom. The zero-order valence-electron chi connectivity index (χ0n) is 11.0. The normalized spacial score (nSPS) is 11.7. The number of rotatable bonds is 6. The fraction of sp³-hybridized carbons (Fsp3) is 0.333.